The molecule has 0 fully saturated rings. The molecule has 0 amide bonds. The van der Waals surface area contributed by atoms with Crippen LogP contribution in [-0.4, -0.2) is 0 Å². The van der Waals surface area contributed by atoms with Crippen molar-refractivity contribution in [2.45, 2.75) is 6.92 Å². The van der Waals surface area contributed by atoms with Crippen LogP contribution in [0.4, 0.5) is 22.7 Å². The van der Waals surface area contributed by atoms with Gasteiger partial charge in [-0.25, -0.2) is 0 Å². The number of allylic oxidation sites excluding steroid dienone is 1. The van der Waals surface area contributed by atoms with Gasteiger partial charge in [0.15, 0.2) is 0 Å². The highest BCUT2D eigenvalue weighted by molar-refractivity contribution is 5.81. The third-order valence-electron chi connectivity index (χ3n) is 4.65. The zero-order valence-corrected chi connectivity index (χ0v) is 17.3. The summed E-state index contributed by atoms with van der Waals surface area (Å²) in [7, 11) is 0. The number of hydrogen-bond acceptors (Lipinski definition) is 4. The van der Waals surface area contributed by atoms with Gasteiger partial charge in [-0.15, -0.1) is 0 Å². The van der Waals surface area contributed by atoms with Gasteiger partial charge in [0, 0.05) is 0 Å². The fourth-order valence-corrected chi connectivity index (χ4v) is 3.02. The van der Waals surface area contributed by atoms with Gasteiger partial charge in [0.05, 0.1) is 22.7 Å². The first-order chi connectivity index (χ1) is 15.3. The SMILES string of the molecule is C/C(=C/c1cccc(N=Nc2ccccc2)c1)c1ccc(N=Nc2ccccc2)cc1. The summed E-state index contributed by atoms with van der Waals surface area (Å²) in [5.41, 5.74) is 6.69. The molecule has 0 saturated carbocycles. The second-order valence-corrected chi connectivity index (χ2v) is 7.04. The molecule has 0 saturated heterocycles. The Morgan fingerprint density at radius 3 is 1.58 bits per heavy atom. The smallest absolute Gasteiger partial charge is 0.0863 e. The molecule has 0 N–H and O–H groups in total. The Hall–Kier alpha value is -4.18. The molecule has 4 nitrogen and oxygen atoms in total. The van der Waals surface area contributed by atoms with E-state index in [1.807, 2.05) is 91.0 Å². The third kappa shape index (κ3) is 5.90. The molecular weight excluding hydrogens is 380 g/mol. The van der Waals surface area contributed by atoms with E-state index in [9.17, 15) is 0 Å². The normalized spacial score (nSPS) is 12.0. The van der Waals surface area contributed by atoms with Gasteiger partial charge in [0.1, 0.15) is 0 Å². The zero-order chi connectivity index (χ0) is 21.3. The van der Waals surface area contributed by atoms with Gasteiger partial charge in [-0.05, 0) is 72.2 Å². The summed E-state index contributed by atoms with van der Waals surface area (Å²) in [5.74, 6) is 0. The van der Waals surface area contributed by atoms with Gasteiger partial charge in [0.25, 0.3) is 0 Å². The quantitative estimate of drug-likeness (QED) is 0.228. The first-order valence-electron chi connectivity index (χ1n) is 10.1. The van der Waals surface area contributed by atoms with Crippen molar-refractivity contribution in [1.29, 1.82) is 0 Å². The summed E-state index contributed by atoms with van der Waals surface area (Å²) in [6.45, 7) is 2.10. The van der Waals surface area contributed by atoms with Crippen LogP contribution in [0, 0.1) is 0 Å². The van der Waals surface area contributed by atoms with Gasteiger partial charge in [-0.1, -0.05) is 66.7 Å². The Labute approximate surface area is 182 Å². The largest absolute Gasteiger partial charge is 0.151 e. The van der Waals surface area contributed by atoms with Crippen molar-refractivity contribution >= 4 is 34.4 Å². The second-order valence-electron chi connectivity index (χ2n) is 7.04. The molecule has 0 bridgehead atoms. The first kappa shape index (κ1) is 20.1. The fourth-order valence-electron chi connectivity index (χ4n) is 3.02. The van der Waals surface area contributed by atoms with Crippen LogP contribution >= 0.6 is 0 Å². The molecule has 4 aromatic rings. The van der Waals surface area contributed by atoms with E-state index in [4.69, 9.17) is 0 Å². The van der Waals surface area contributed by atoms with Crippen molar-refractivity contribution in [2.75, 3.05) is 0 Å². The summed E-state index contributed by atoms with van der Waals surface area (Å²) in [6, 6.07) is 35.5. The van der Waals surface area contributed by atoms with Crippen molar-refractivity contribution in [2.24, 2.45) is 20.5 Å². The predicted octanol–water partition coefficient (Wildman–Crippen LogP) is 9.08. The van der Waals surface area contributed by atoms with Crippen LogP contribution in [0.5, 0.6) is 0 Å². The summed E-state index contributed by atoms with van der Waals surface area (Å²) in [4.78, 5) is 0. The van der Waals surface area contributed by atoms with E-state index in [1.54, 1.807) is 0 Å². The lowest BCUT2D eigenvalue weighted by Crippen LogP contribution is -1.80. The first-order valence-corrected chi connectivity index (χ1v) is 10.1. The Morgan fingerprint density at radius 2 is 1.00 bits per heavy atom. The molecule has 0 atom stereocenters. The van der Waals surface area contributed by atoms with E-state index >= 15 is 0 Å². The molecule has 0 aliphatic carbocycles. The van der Waals surface area contributed by atoms with Gasteiger partial charge in [-0.2, -0.15) is 20.5 Å². The maximum atomic E-state index is 4.35. The molecule has 0 aliphatic rings. The standard InChI is InChI=1S/C27H22N4/c1-21(23-15-17-26(18-16-23)30-28-24-10-4-2-5-11-24)19-22-9-8-14-27(20-22)31-29-25-12-6-3-7-13-25/h2-20H,1H3/b21-19-,30-28?,31-29?. The number of azo groups is 2. The van der Waals surface area contributed by atoms with Crippen molar-refractivity contribution in [3.63, 3.8) is 0 Å². The van der Waals surface area contributed by atoms with Gasteiger partial charge < -0.3 is 0 Å². The molecule has 0 aliphatic heterocycles. The molecule has 0 unspecified atom stereocenters. The average molecular weight is 403 g/mol. The minimum absolute atomic E-state index is 0.821. The highest BCUT2D eigenvalue weighted by Crippen LogP contribution is 2.25. The third-order valence-corrected chi connectivity index (χ3v) is 4.65. The van der Waals surface area contributed by atoms with E-state index < -0.39 is 0 Å². The number of benzene rings is 4. The van der Waals surface area contributed by atoms with Crippen LogP contribution in [-0.2, 0) is 0 Å². The lowest BCUT2D eigenvalue weighted by molar-refractivity contribution is 1.23. The molecular formula is C27H22N4. The van der Waals surface area contributed by atoms with Gasteiger partial charge >= 0.3 is 0 Å². The van der Waals surface area contributed by atoms with Crippen LogP contribution < -0.4 is 0 Å². The Bertz CT molecular complexity index is 1210. The summed E-state index contributed by atoms with van der Waals surface area (Å²) in [6.07, 6.45) is 2.14. The lowest BCUT2D eigenvalue weighted by Gasteiger charge is -2.03. The molecule has 0 heterocycles. The van der Waals surface area contributed by atoms with Crippen LogP contribution in [0.1, 0.15) is 18.1 Å². The Balaban J connectivity index is 1.46. The molecule has 4 rings (SSSR count). The number of rotatable bonds is 6. The number of nitrogens with zero attached hydrogens (tertiary/aromatic N) is 4. The minimum Gasteiger partial charge on any atom is -0.151 e. The Kier molecular flexibility index (Phi) is 6.51. The summed E-state index contributed by atoms with van der Waals surface area (Å²) in [5, 5.41) is 17.2. The van der Waals surface area contributed by atoms with E-state index in [0.29, 0.717) is 0 Å². The predicted molar refractivity (Wildman–Crippen MR) is 128 cm³/mol. The average Bonchev–Trinajstić information content (AvgIpc) is 2.83. The molecule has 4 heteroatoms. The zero-order valence-electron chi connectivity index (χ0n) is 17.3. The lowest BCUT2D eigenvalue weighted by atomic mass is 10.0. The molecule has 0 aromatic heterocycles. The molecule has 150 valence electrons. The van der Waals surface area contributed by atoms with Gasteiger partial charge in [0.2, 0.25) is 0 Å². The van der Waals surface area contributed by atoms with Crippen LogP contribution in [0.15, 0.2) is 130 Å². The fraction of sp³-hybridized carbons (Fsp3) is 0.0370. The number of hydrogen-bond donors (Lipinski definition) is 0. The topological polar surface area (TPSA) is 49.4 Å². The highest BCUT2D eigenvalue weighted by atomic mass is 15.1. The maximum Gasteiger partial charge on any atom is 0.0863 e. The van der Waals surface area contributed by atoms with E-state index in [0.717, 1.165) is 39.4 Å². The Morgan fingerprint density at radius 1 is 0.516 bits per heavy atom. The molecule has 0 spiro atoms. The van der Waals surface area contributed by atoms with Crippen molar-refractivity contribution in [1.82, 2.24) is 0 Å². The van der Waals surface area contributed by atoms with E-state index in [1.165, 1.54) is 0 Å². The highest BCUT2D eigenvalue weighted by Gasteiger charge is 1.99. The molecule has 31 heavy (non-hydrogen) atoms. The van der Waals surface area contributed by atoms with E-state index in [2.05, 4.69) is 51.7 Å². The van der Waals surface area contributed by atoms with Crippen LogP contribution in [0.2, 0.25) is 0 Å². The van der Waals surface area contributed by atoms with Crippen molar-refractivity contribution in [3.05, 3.63) is 120 Å². The van der Waals surface area contributed by atoms with Crippen LogP contribution in [0.25, 0.3) is 11.6 Å². The van der Waals surface area contributed by atoms with Gasteiger partial charge in [-0.3, -0.25) is 0 Å². The monoisotopic (exact) mass is 402 g/mol. The van der Waals surface area contributed by atoms with Crippen molar-refractivity contribution < 1.29 is 0 Å². The van der Waals surface area contributed by atoms with E-state index in [-0.39, 0.29) is 0 Å². The minimum atomic E-state index is 0.821. The molecule has 0 radical (unpaired) electrons. The summed E-state index contributed by atoms with van der Waals surface area (Å²) >= 11 is 0. The summed E-state index contributed by atoms with van der Waals surface area (Å²) < 4.78 is 0. The van der Waals surface area contributed by atoms with Crippen LogP contribution in [0.3, 0.4) is 0 Å². The molecule has 4 aromatic carbocycles. The second kappa shape index (κ2) is 10.0. The maximum absolute atomic E-state index is 4.35. The van der Waals surface area contributed by atoms with Crippen molar-refractivity contribution in [3.8, 4) is 0 Å².